The lowest BCUT2D eigenvalue weighted by molar-refractivity contribution is -0.167. The van der Waals surface area contributed by atoms with Crippen LogP contribution in [0.25, 0.3) is 0 Å². The SMILES string of the molecule is CC(N)=C(C#N)C(=O)COC(=O)C(Oc1ccc(Cl)cc1)Oc1ccc(Cl)cc1. The van der Waals surface area contributed by atoms with Crippen molar-refractivity contribution in [3.05, 3.63) is 69.8 Å². The zero-order chi connectivity index (χ0) is 21.4. The molecular formula is C20H16Cl2N2O5. The number of nitrogens with zero attached hydrogens (tertiary/aromatic N) is 1. The van der Waals surface area contributed by atoms with Gasteiger partial charge in [-0.3, -0.25) is 4.79 Å². The van der Waals surface area contributed by atoms with Crippen LogP contribution in [-0.4, -0.2) is 24.6 Å². The van der Waals surface area contributed by atoms with E-state index in [9.17, 15) is 9.59 Å². The number of carbonyl (C=O) groups excluding carboxylic acids is 2. The molecule has 0 aliphatic heterocycles. The van der Waals surface area contributed by atoms with Crippen LogP contribution in [0.15, 0.2) is 59.8 Å². The first-order valence-corrected chi connectivity index (χ1v) is 8.96. The Morgan fingerprint density at radius 1 is 1.00 bits per heavy atom. The molecule has 29 heavy (non-hydrogen) atoms. The van der Waals surface area contributed by atoms with Gasteiger partial charge in [0.15, 0.2) is 6.61 Å². The number of nitrogens with two attached hydrogens (primary N) is 1. The van der Waals surface area contributed by atoms with Gasteiger partial charge in [-0.1, -0.05) is 23.2 Å². The van der Waals surface area contributed by atoms with Crippen molar-refractivity contribution in [3.8, 4) is 17.6 Å². The fraction of sp³-hybridized carbons (Fsp3) is 0.150. The molecule has 0 atom stereocenters. The number of allylic oxidation sites excluding steroid dienone is 1. The van der Waals surface area contributed by atoms with Crippen molar-refractivity contribution in [2.75, 3.05) is 6.61 Å². The Morgan fingerprint density at radius 2 is 1.45 bits per heavy atom. The van der Waals surface area contributed by atoms with Gasteiger partial charge in [0.25, 0.3) is 0 Å². The van der Waals surface area contributed by atoms with Crippen molar-refractivity contribution >= 4 is 35.0 Å². The van der Waals surface area contributed by atoms with E-state index in [-0.39, 0.29) is 22.8 Å². The van der Waals surface area contributed by atoms with Crippen LogP contribution in [0, 0.1) is 11.3 Å². The average molecular weight is 435 g/mol. The lowest BCUT2D eigenvalue weighted by Crippen LogP contribution is -2.36. The molecule has 0 spiro atoms. The molecule has 0 saturated carbocycles. The van der Waals surface area contributed by atoms with Crippen molar-refractivity contribution in [2.45, 2.75) is 13.2 Å². The number of nitriles is 1. The number of ketones is 1. The fourth-order valence-corrected chi connectivity index (χ4v) is 2.29. The first-order valence-electron chi connectivity index (χ1n) is 8.21. The molecule has 9 heteroatoms. The van der Waals surface area contributed by atoms with Gasteiger partial charge in [-0.15, -0.1) is 0 Å². The summed E-state index contributed by atoms with van der Waals surface area (Å²) in [6.45, 7) is 0.703. The van der Waals surface area contributed by atoms with Crippen molar-refractivity contribution in [3.63, 3.8) is 0 Å². The summed E-state index contributed by atoms with van der Waals surface area (Å²) in [5, 5.41) is 9.92. The Balaban J connectivity index is 2.14. The maximum Gasteiger partial charge on any atom is 0.389 e. The van der Waals surface area contributed by atoms with Gasteiger partial charge in [0.2, 0.25) is 5.78 Å². The minimum absolute atomic E-state index is 0.0277. The molecule has 0 fully saturated rings. The largest absolute Gasteiger partial charge is 0.452 e. The Labute approximate surface area is 177 Å². The third-order valence-corrected chi connectivity index (χ3v) is 3.94. The summed E-state index contributed by atoms with van der Waals surface area (Å²) in [4.78, 5) is 24.5. The highest BCUT2D eigenvalue weighted by Crippen LogP contribution is 2.21. The summed E-state index contributed by atoms with van der Waals surface area (Å²) in [6.07, 6.45) is -1.53. The number of benzene rings is 2. The highest BCUT2D eigenvalue weighted by Gasteiger charge is 2.26. The van der Waals surface area contributed by atoms with E-state index in [0.29, 0.717) is 10.0 Å². The van der Waals surface area contributed by atoms with Gasteiger partial charge < -0.3 is 19.9 Å². The number of hydrogen-bond acceptors (Lipinski definition) is 7. The number of Topliss-reactive ketones (excluding diaryl/α,β-unsaturated/α-hetero) is 1. The van der Waals surface area contributed by atoms with Gasteiger partial charge in [0, 0.05) is 15.7 Å². The molecule has 2 rings (SSSR count). The van der Waals surface area contributed by atoms with Crippen LogP contribution < -0.4 is 15.2 Å². The summed E-state index contributed by atoms with van der Waals surface area (Å²) in [5.41, 5.74) is 5.21. The van der Waals surface area contributed by atoms with Gasteiger partial charge in [-0.2, -0.15) is 5.26 Å². The summed E-state index contributed by atoms with van der Waals surface area (Å²) < 4.78 is 16.0. The minimum atomic E-state index is -1.53. The van der Waals surface area contributed by atoms with Crippen LogP contribution in [0.1, 0.15) is 6.92 Å². The molecule has 0 saturated heterocycles. The minimum Gasteiger partial charge on any atom is -0.452 e. The maximum atomic E-state index is 12.5. The molecule has 0 aromatic heterocycles. The molecule has 0 amide bonds. The maximum absolute atomic E-state index is 12.5. The van der Waals surface area contributed by atoms with E-state index in [4.69, 9.17) is 48.4 Å². The van der Waals surface area contributed by atoms with Crippen LogP contribution in [-0.2, 0) is 14.3 Å². The molecule has 0 bridgehead atoms. The van der Waals surface area contributed by atoms with Crippen LogP contribution in [0.5, 0.6) is 11.5 Å². The smallest absolute Gasteiger partial charge is 0.389 e. The molecule has 2 aromatic carbocycles. The first-order chi connectivity index (χ1) is 13.8. The third kappa shape index (κ3) is 6.71. The summed E-state index contributed by atoms with van der Waals surface area (Å²) in [7, 11) is 0. The van der Waals surface area contributed by atoms with Gasteiger partial charge in [0.05, 0.1) is 0 Å². The van der Waals surface area contributed by atoms with Crippen LogP contribution in [0.2, 0.25) is 10.0 Å². The molecule has 7 nitrogen and oxygen atoms in total. The predicted molar refractivity (Wildman–Crippen MR) is 106 cm³/mol. The molecule has 0 radical (unpaired) electrons. The second kappa shape index (κ2) is 10.4. The Morgan fingerprint density at radius 3 is 1.83 bits per heavy atom. The second-order valence-electron chi connectivity index (χ2n) is 5.68. The number of ether oxygens (including phenoxy) is 3. The second-order valence-corrected chi connectivity index (χ2v) is 6.55. The number of rotatable bonds is 8. The van der Waals surface area contributed by atoms with Gasteiger partial charge in [-0.05, 0) is 55.5 Å². The third-order valence-electron chi connectivity index (χ3n) is 3.44. The average Bonchev–Trinajstić information content (AvgIpc) is 2.69. The number of halogens is 2. The molecule has 150 valence electrons. The first kappa shape index (κ1) is 22.1. The van der Waals surface area contributed by atoms with Crippen LogP contribution in [0.3, 0.4) is 0 Å². The standard InChI is InChI=1S/C20H16Cl2N2O5/c1-12(24)17(10-23)18(25)11-27-19(26)20(28-15-6-2-13(21)3-7-15)29-16-8-4-14(22)5-9-16/h2-9,20H,11,24H2,1H3. The van der Waals surface area contributed by atoms with E-state index < -0.39 is 24.6 Å². The fourth-order valence-electron chi connectivity index (χ4n) is 2.04. The molecular weight excluding hydrogens is 419 g/mol. The monoisotopic (exact) mass is 434 g/mol. The predicted octanol–water partition coefficient (Wildman–Crippen LogP) is 3.65. The highest BCUT2D eigenvalue weighted by atomic mass is 35.5. The Kier molecular flexibility index (Phi) is 7.89. The van der Waals surface area contributed by atoms with Crippen molar-refractivity contribution in [1.82, 2.24) is 0 Å². The molecule has 0 unspecified atom stereocenters. The van der Waals surface area contributed by atoms with Crippen molar-refractivity contribution < 1.29 is 23.8 Å². The van der Waals surface area contributed by atoms with Gasteiger partial charge in [0.1, 0.15) is 23.1 Å². The van der Waals surface area contributed by atoms with E-state index in [2.05, 4.69) is 0 Å². The zero-order valence-electron chi connectivity index (χ0n) is 15.2. The Bertz CT molecular complexity index is 899. The van der Waals surface area contributed by atoms with E-state index in [1.54, 1.807) is 30.3 Å². The lowest BCUT2D eigenvalue weighted by atomic mass is 10.1. The number of hydrogen-bond donors (Lipinski definition) is 1. The number of carbonyl (C=O) groups is 2. The van der Waals surface area contributed by atoms with E-state index in [1.807, 2.05) is 0 Å². The number of esters is 1. The Hall–Kier alpha value is -3.21. The summed E-state index contributed by atoms with van der Waals surface area (Å²) >= 11 is 11.7. The molecule has 0 aliphatic rings. The van der Waals surface area contributed by atoms with Gasteiger partial charge >= 0.3 is 12.3 Å². The van der Waals surface area contributed by atoms with Crippen LogP contribution in [0.4, 0.5) is 0 Å². The quantitative estimate of drug-likeness (QED) is 0.292. The zero-order valence-corrected chi connectivity index (χ0v) is 16.7. The molecule has 2 N–H and O–H groups in total. The topological polar surface area (TPSA) is 112 Å². The van der Waals surface area contributed by atoms with E-state index in [0.717, 1.165) is 0 Å². The van der Waals surface area contributed by atoms with Crippen molar-refractivity contribution in [2.24, 2.45) is 5.73 Å². The van der Waals surface area contributed by atoms with E-state index in [1.165, 1.54) is 31.2 Å². The van der Waals surface area contributed by atoms with Crippen LogP contribution >= 0.6 is 23.2 Å². The summed E-state index contributed by atoms with van der Waals surface area (Å²) in [5.74, 6) is -1.15. The normalized spacial score (nSPS) is 11.3. The summed E-state index contributed by atoms with van der Waals surface area (Å²) in [6, 6.07) is 14.1. The molecule has 0 heterocycles. The highest BCUT2D eigenvalue weighted by molar-refractivity contribution is 6.30. The molecule has 0 aliphatic carbocycles. The molecule has 2 aromatic rings. The van der Waals surface area contributed by atoms with Gasteiger partial charge in [-0.25, -0.2) is 4.79 Å². The lowest BCUT2D eigenvalue weighted by Gasteiger charge is -2.19. The van der Waals surface area contributed by atoms with Crippen molar-refractivity contribution in [1.29, 1.82) is 5.26 Å². The van der Waals surface area contributed by atoms with E-state index >= 15 is 0 Å².